The average Bonchev–Trinajstić information content (AvgIpc) is 3.17. The third-order valence-electron chi connectivity index (χ3n) is 8.33. The number of hydrogen-bond acceptors (Lipinski definition) is 12. The van der Waals surface area contributed by atoms with Crippen LogP contribution in [0.3, 0.4) is 0 Å². The molecule has 0 fully saturated rings. The van der Waals surface area contributed by atoms with E-state index >= 15 is 0 Å². The van der Waals surface area contributed by atoms with Gasteiger partial charge in [0, 0.05) is 23.7 Å². The number of carbonyl (C=O) groups is 6. The minimum Gasteiger partial charge on any atom is -0.460 e. The van der Waals surface area contributed by atoms with Gasteiger partial charge < -0.3 is 35.5 Å². The first-order chi connectivity index (χ1) is 28.5. The summed E-state index contributed by atoms with van der Waals surface area (Å²) in [5.41, 5.74) is -0.741. The highest BCUT2D eigenvalue weighted by Gasteiger charge is 2.34. The summed E-state index contributed by atoms with van der Waals surface area (Å²) in [6.45, 7) is 13.1. The third-order valence-corrected chi connectivity index (χ3v) is 9.77. The van der Waals surface area contributed by atoms with E-state index in [-0.39, 0.29) is 17.9 Å². The molecule has 0 spiro atoms. The van der Waals surface area contributed by atoms with Gasteiger partial charge >= 0.3 is 18.0 Å². The molecule has 0 bridgehead atoms. The molecule has 0 aliphatic carbocycles. The Balaban J connectivity index is 1.89. The number of nitrogens with zero attached hydrogens (tertiary/aromatic N) is 1. The molecule has 61 heavy (non-hydrogen) atoms. The number of ether oxygens (including phenoxy) is 3. The summed E-state index contributed by atoms with van der Waals surface area (Å²) in [4.78, 5) is 85.1. The quantitative estimate of drug-likeness (QED) is 0.0967. The third kappa shape index (κ3) is 18.4. The molecular weight excluding hydrogens is 807 g/mol. The van der Waals surface area contributed by atoms with E-state index in [9.17, 15) is 37.2 Å². The van der Waals surface area contributed by atoms with E-state index in [1.165, 1.54) is 18.3 Å². The highest BCUT2D eigenvalue weighted by molar-refractivity contribution is 7.94. The van der Waals surface area contributed by atoms with Crippen molar-refractivity contribution in [3.05, 3.63) is 108 Å². The zero-order valence-electron chi connectivity index (χ0n) is 35.8. The minimum absolute atomic E-state index is 0.00507. The van der Waals surface area contributed by atoms with Crippen molar-refractivity contribution in [2.24, 2.45) is 5.92 Å². The van der Waals surface area contributed by atoms with E-state index in [0.717, 1.165) is 11.5 Å². The topological polar surface area (TPSA) is 225 Å². The second kappa shape index (κ2) is 22.5. The molecule has 0 saturated carbocycles. The van der Waals surface area contributed by atoms with Gasteiger partial charge in [-0.15, -0.1) is 0 Å². The van der Waals surface area contributed by atoms with Gasteiger partial charge in [0.25, 0.3) is 0 Å². The largest absolute Gasteiger partial charge is 0.460 e. The van der Waals surface area contributed by atoms with Gasteiger partial charge in [0.1, 0.15) is 35.9 Å². The summed E-state index contributed by atoms with van der Waals surface area (Å²) in [6, 6.07) is 15.9. The van der Waals surface area contributed by atoms with Crippen molar-refractivity contribution < 1.29 is 51.4 Å². The molecule has 1 heterocycles. The highest BCUT2D eigenvalue weighted by atomic mass is 32.2. The van der Waals surface area contributed by atoms with Crippen molar-refractivity contribution in [1.82, 2.24) is 26.3 Å². The molecule has 0 aliphatic rings. The fraction of sp³-hybridized carbons (Fsp3) is 0.432. The molecule has 3 rings (SSSR count). The molecule has 4 atom stereocenters. The van der Waals surface area contributed by atoms with E-state index in [1.54, 1.807) is 122 Å². The van der Waals surface area contributed by atoms with Crippen LogP contribution in [0.15, 0.2) is 101 Å². The van der Waals surface area contributed by atoms with E-state index in [2.05, 4.69) is 26.3 Å². The monoisotopic (exact) mass is 863 g/mol. The molecule has 0 saturated heterocycles. The Morgan fingerprint density at radius 2 is 1.23 bits per heavy atom. The Morgan fingerprint density at radius 1 is 0.672 bits per heavy atom. The molecular formula is C44H57N5O11S. The molecule has 1 aromatic heterocycles. The number of esters is 2. The Kier molecular flexibility index (Phi) is 18.2. The van der Waals surface area contributed by atoms with Gasteiger partial charge in [-0.2, -0.15) is 0 Å². The smallest absolute Gasteiger partial charge is 0.408 e. The second-order valence-corrected chi connectivity index (χ2v) is 18.3. The molecule has 330 valence electrons. The first-order valence-corrected chi connectivity index (χ1v) is 21.3. The molecule has 0 radical (unpaired) electrons. The highest BCUT2D eigenvalue weighted by Crippen LogP contribution is 2.16. The number of carbonyl (C=O) groups excluding carboxylic acids is 6. The van der Waals surface area contributed by atoms with E-state index in [0.29, 0.717) is 11.3 Å². The van der Waals surface area contributed by atoms with Crippen molar-refractivity contribution in [2.45, 2.75) is 122 Å². The number of hydrogen-bond donors (Lipinski definition) is 4. The number of rotatable bonds is 19. The predicted octanol–water partition coefficient (Wildman–Crippen LogP) is 4.48. The van der Waals surface area contributed by atoms with Crippen LogP contribution in [0.5, 0.6) is 0 Å². The Morgan fingerprint density at radius 3 is 1.79 bits per heavy atom. The van der Waals surface area contributed by atoms with E-state index in [4.69, 9.17) is 14.2 Å². The normalized spacial score (nSPS) is 13.9. The lowest BCUT2D eigenvalue weighted by molar-refractivity contribution is -0.157. The van der Waals surface area contributed by atoms with E-state index in [1.807, 2.05) is 0 Å². The Bertz CT molecular complexity index is 2080. The van der Waals surface area contributed by atoms with Gasteiger partial charge in [-0.1, -0.05) is 68.4 Å². The molecule has 0 aliphatic heterocycles. The number of sulfone groups is 1. The van der Waals surface area contributed by atoms with Crippen molar-refractivity contribution in [2.75, 3.05) is 0 Å². The lowest BCUT2D eigenvalue weighted by atomic mass is 10.0. The van der Waals surface area contributed by atoms with Crippen LogP contribution in [-0.2, 0) is 61.0 Å². The van der Waals surface area contributed by atoms with Crippen molar-refractivity contribution in [3.63, 3.8) is 0 Å². The summed E-state index contributed by atoms with van der Waals surface area (Å²) in [7, 11) is -3.98. The first kappa shape index (κ1) is 49.3. The number of nitrogens with one attached hydrogen (secondary N) is 4. The van der Waals surface area contributed by atoms with Gasteiger partial charge in [-0.25, -0.2) is 13.2 Å². The average molecular weight is 864 g/mol. The van der Waals surface area contributed by atoms with Gasteiger partial charge in [0.2, 0.25) is 17.7 Å². The summed E-state index contributed by atoms with van der Waals surface area (Å²) in [5.74, 6) is -4.65. The standard InChI is InChI=1S/C44H57N5O11S/c1-29(2)38(41(54)46-32(26-36(50)59-43(3,4)5)22-24-61(56,57)33-20-13-10-14-21-33)49-40(53)34(25-31-19-15-16-23-45-31)47-39(52)35(27-37(51)60-44(6,7)8)48-42(55)58-28-30-17-11-9-12-18-30/h9-24,29,32,34-35,38H,25-28H2,1-8H3,(H,46,54)(H,47,52)(H,48,55)(H,49,53)/b24-22+/t32-,34?,35+,38+/m1/s1. The fourth-order valence-corrected chi connectivity index (χ4v) is 6.64. The van der Waals surface area contributed by atoms with Crippen LogP contribution in [0.1, 0.15) is 79.5 Å². The van der Waals surface area contributed by atoms with Gasteiger partial charge in [-0.3, -0.25) is 29.0 Å². The van der Waals surface area contributed by atoms with Gasteiger partial charge in [0.15, 0.2) is 9.84 Å². The first-order valence-electron chi connectivity index (χ1n) is 19.7. The number of pyridine rings is 1. The number of aromatic nitrogens is 1. The zero-order valence-corrected chi connectivity index (χ0v) is 36.6. The van der Waals surface area contributed by atoms with Crippen LogP contribution >= 0.6 is 0 Å². The Labute approximate surface area is 357 Å². The molecule has 3 aromatic rings. The van der Waals surface area contributed by atoms with Crippen LogP contribution in [-0.4, -0.2) is 84.5 Å². The summed E-state index contributed by atoms with van der Waals surface area (Å²) in [5, 5.41) is 11.2. The SMILES string of the molecule is CC(C)[C@H](NC(=O)C(Cc1ccccn1)NC(=O)[C@H](CC(=O)OC(C)(C)C)NC(=O)OCc1ccccc1)C(=O)N[C@H](/C=C/S(=O)(=O)c1ccccc1)CC(=O)OC(C)(C)C. The maximum atomic E-state index is 14.1. The number of amides is 4. The minimum atomic E-state index is -3.98. The summed E-state index contributed by atoms with van der Waals surface area (Å²) >= 11 is 0. The Hall–Kier alpha value is -6.10. The predicted molar refractivity (Wildman–Crippen MR) is 226 cm³/mol. The molecule has 4 N–H and O–H groups in total. The lowest BCUT2D eigenvalue weighted by Gasteiger charge is -2.28. The molecule has 2 aromatic carbocycles. The molecule has 17 heteroatoms. The molecule has 16 nitrogen and oxygen atoms in total. The second-order valence-electron chi connectivity index (χ2n) is 16.5. The maximum absolute atomic E-state index is 14.1. The van der Waals surface area contributed by atoms with Crippen LogP contribution in [0, 0.1) is 5.92 Å². The van der Waals surface area contributed by atoms with Crippen molar-refractivity contribution in [3.8, 4) is 0 Å². The maximum Gasteiger partial charge on any atom is 0.408 e. The van der Waals surface area contributed by atoms with Crippen molar-refractivity contribution >= 4 is 45.6 Å². The number of alkyl carbamates (subject to hydrolysis) is 1. The van der Waals surface area contributed by atoms with Crippen LogP contribution in [0.2, 0.25) is 0 Å². The fourth-order valence-electron chi connectivity index (χ4n) is 5.55. The molecule has 4 amide bonds. The lowest BCUT2D eigenvalue weighted by Crippen LogP contribution is -2.59. The molecule has 1 unspecified atom stereocenters. The van der Waals surface area contributed by atoms with Gasteiger partial charge in [-0.05, 0) is 83.4 Å². The zero-order chi connectivity index (χ0) is 45.4. The van der Waals surface area contributed by atoms with Gasteiger partial charge in [0.05, 0.1) is 23.8 Å². The van der Waals surface area contributed by atoms with Crippen LogP contribution in [0.25, 0.3) is 0 Å². The van der Waals surface area contributed by atoms with E-state index < -0.39 is 99.7 Å². The number of benzene rings is 2. The van der Waals surface area contributed by atoms with Crippen LogP contribution in [0.4, 0.5) is 4.79 Å². The summed E-state index contributed by atoms with van der Waals surface area (Å²) in [6.07, 6.45) is 0.398. The van der Waals surface area contributed by atoms with Crippen molar-refractivity contribution in [1.29, 1.82) is 0 Å². The van der Waals surface area contributed by atoms with Crippen LogP contribution < -0.4 is 21.3 Å². The summed E-state index contributed by atoms with van der Waals surface area (Å²) < 4.78 is 42.3.